The molecule has 0 aliphatic carbocycles. The van der Waals surface area contributed by atoms with Crippen LogP contribution in [0.1, 0.15) is 6.92 Å². The molecule has 17 heavy (non-hydrogen) atoms. The second-order valence-corrected chi connectivity index (χ2v) is 5.35. The van der Waals surface area contributed by atoms with Gasteiger partial charge in [0, 0.05) is 17.6 Å². The van der Waals surface area contributed by atoms with E-state index in [1.54, 1.807) is 16.7 Å². The Balaban J connectivity index is 2.43. The first-order chi connectivity index (χ1) is 8.17. The molecule has 1 amide bonds. The summed E-state index contributed by atoms with van der Waals surface area (Å²) in [6.45, 7) is 2.49. The topological polar surface area (TPSA) is 44.4 Å². The van der Waals surface area contributed by atoms with Crippen molar-refractivity contribution in [3.8, 4) is 0 Å². The van der Waals surface area contributed by atoms with Crippen LogP contribution in [0.5, 0.6) is 0 Å². The number of carbonyl (C=O) groups excluding carboxylic acids is 1. The summed E-state index contributed by atoms with van der Waals surface area (Å²) in [4.78, 5) is 15.1. The molecule has 0 spiro atoms. The molecule has 92 valence electrons. The summed E-state index contributed by atoms with van der Waals surface area (Å²) >= 11 is 1.62. The van der Waals surface area contributed by atoms with Gasteiger partial charge < -0.3 is 10.6 Å². The molecule has 0 aromatic heterocycles. The van der Waals surface area contributed by atoms with Crippen molar-refractivity contribution in [3.05, 3.63) is 18.2 Å². The number of thioether (sulfide) groups is 1. The quantitative estimate of drug-likeness (QED) is 0.859. The van der Waals surface area contributed by atoms with Crippen LogP contribution in [0.25, 0.3) is 0 Å². The number of carbonyl (C=O) groups is 1. The molecule has 5 heteroatoms. The number of fused-ring (bicyclic) bond motifs is 1. The summed E-state index contributed by atoms with van der Waals surface area (Å²) in [5.74, 6) is 0.158. The molecule has 1 unspecified atom stereocenters. The monoisotopic (exact) mass is 251 g/mol. The van der Waals surface area contributed by atoms with Gasteiger partial charge in [-0.3, -0.25) is 9.69 Å². The van der Waals surface area contributed by atoms with Gasteiger partial charge in [0.1, 0.15) is 0 Å². The summed E-state index contributed by atoms with van der Waals surface area (Å²) in [7, 11) is 3.73. The van der Waals surface area contributed by atoms with Gasteiger partial charge in [0.25, 0.3) is 0 Å². The first-order valence-electron chi connectivity index (χ1n) is 5.62. The van der Waals surface area contributed by atoms with Gasteiger partial charge >= 0.3 is 0 Å². The highest BCUT2D eigenvalue weighted by molar-refractivity contribution is 8.00. The van der Waals surface area contributed by atoms with Crippen LogP contribution in [0.3, 0.4) is 0 Å². The second-order valence-electron chi connectivity index (χ2n) is 3.97. The van der Waals surface area contributed by atoms with Gasteiger partial charge in [0.15, 0.2) is 0 Å². The normalized spacial score (nSPS) is 19.1. The van der Waals surface area contributed by atoms with Gasteiger partial charge in [-0.1, -0.05) is 0 Å². The average Bonchev–Trinajstić information content (AvgIpc) is 2.34. The highest BCUT2D eigenvalue weighted by Crippen LogP contribution is 2.40. The first kappa shape index (κ1) is 12.3. The van der Waals surface area contributed by atoms with Crippen molar-refractivity contribution in [1.29, 1.82) is 0 Å². The van der Waals surface area contributed by atoms with E-state index in [0.29, 0.717) is 6.67 Å². The van der Waals surface area contributed by atoms with Crippen LogP contribution in [0.15, 0.2) is 23.1 Å². The number of nitrogens with zero attached hydrogens (tertiary/aromatic N) is 1. The van der Waals surface area contributed by atoms with Crippen LogP contribution in [-0.2, 0) is 4.79 Å². The third-order valence-corrected chi connectivity index (χ3v) is 3.93. The molecule has 1 heterocycles. The predicted molar refractivity (Wildman–Crippen MR) is 72.7 cm³/mol. The van der Waals surface area contributed by atoms with E-state index in [-0.39, 0.29) is 11.2 Å². The number of benzene rings is 1. The molecule has 0 fully saturated rings. The lowest BCUT2D eigenvalue weighted by atomic mass is 10.2. The van der Waals surface area contributed by atoms with Crippen molar-refractivity contribution in [3.63, 3.8) is 0 Å². The summed E-state index contributed by atoms with van der Waals surface area (Å²) in [5.41, 5.74) is 2.01. The standard InChI is InChI=1S/C12H17N3OS/c1-8-12(16)15(7-13-2)10-6-9(14-3)4-5-11(10)17-8/h4-6,8,13-14H,7H2,1-3H3. The molecular formula is C12H17N3OS. The number of hydrogen-bond acceptors (Lipinski definition) is 4. The molecule has 0 radical (unpaired) electrons. The SMILES string of the molecule is CNCN1C(=O)C(C)Sc2ccc(NC)cc21. The van der Waals surface area contributed by atoms with Crippen molar-refractivity contribution in [1.82, 2.24) is 5.32 Å². The maximum Gasteiger partial charge on any atom is 0.241 e. The van der Waals surface area contributed by atoms with Crippen molar-refractivity contribution >= 4 is 29.0 Å². The molecule has 1 atom stereocenters. The Kier molecular flexibility index (Phi) is 3.59. The lowest BCUT2D eigenvalue weighted by Crippen LogP contribution is -2.44. The minimum Gasteiger partial charge on any atom is -0.388 e. The van der Waals surface area contributed by atoms with Gasteiger partial charge in [0.2, 0.25) is 5.91 Å². The molecule has 0 saturated carbocycles. The molecular weight excluding hydrogens is 234 g/mol. The minimum absolute atomic E-state index is 0.0173. The van der Waals surface area contributed by atoms with Crippen molar-refractivity contribution in [2.75, 3.05) is 31.0 Å². The van der Waals surface area contributed by atoms with Gasteiger partial charge in [0.05, 0.1) is 17.6 Å². The Hall–Kier alpha value is -1.20. The molecule has 0 bridgehead atoms. The Morgan fingerprint density at radius 1 is 1.41 bits per heavy atom. The Morgan fingerprint density at radius 3 is 2.82 bits per heavy atom. The van der Waals surface area contributed by atoms with Crippen LogP contribution in [-0.4, -0.2) is 31.9 Å². The fourth-order valence-corrected chi connectivity index (χ4v) is 2.93. The zero-order chi connectivity index (χ0) is 12.4. The Morgan fingerprint density at radius 2 is 2.18 bits per heavy atom. The molecule has 2 N–H and O–H groups in total. The van der Waals surface area contributed by atoms with Gasteiger partial charge in [-0.05, 0) is 32.2 Å². The number of amides is 1. The van der Waals surface area contributed by atoms with Crippen LogP contribution >= 0.6 is 11.8 Å². The van der Waals surface area contributed by atoms with Gasteiger partial charge in [-0.2, -0.15) is 0 Å². The number of nitrogens with one attached hydrogen (secondary N) is 2. The second kappa shape index (κ2) is 4.98. The number of rotatable bonds is 3. The van der Waals surface area contributed by atoms with E-state index >= 15 is 0 Å². The molecule has 1 aromatic rings. The van der Waals surface area contributed by atoms with E-state index in [2.05, 4.69) is 16.7 Å². The van der Waals surface area contributed by atoms with E-state index in [1.165, 1.54) is 0 Å². The Labute approximate surface area is 106 Å². The summed E-state index contributed by atoms with van der Waals surface area (Å²) in [6, 6.07) is 6.12. The van der Waals surface area contributed by atoms with E-state index in [9.17, 15) is 4.79 Å². The fourth-order valence-electron chi connectivity index (χ4n) is 1.88. The first-order valence-corrected chi connectivity index (χ1v) is 6.49. The highest BCUT2D eigenvalue weighted by atomic mass is 32.2. The molecule has 2 rings (SSSR count). The lowest BCUT2D eigenvalue weighted by molar-refractivity contribution is -0.118. The summed E-state index contributed by atoms with van der Waals surface area (Å²) < 4.78 is 0. The molecule has 1 aromatic carbocycles. The van der Waals surface area contributed by atoms with E-state index in [1.807, 2.05) is 33.2 Å². The maximum absolute atomic E-state index is 12.1. The molecule has 0 saturated heterocycles. The number of hydrogen-bond donors (Lipinski definition) is 2. The van der Waals surface area contributed by atoms with Crippen LogP contribution < -0.4 is 15.5 Å². The zero-order valence-corrected chi connectivity index (χ0v) is 11.1. The average molecular weight is 251 g/mol. The third-order valence-electron chi connectivity index (χ3n) is 2.77. The maximum atomic E-state index is 12.1. The van der Waals surface area contributed by atoms with E-state index < -0.39 is 0 Å². The Bertz CT molecular complexity index is 436. The summed E-state index contributed by atoms with van der Waals surface area (Å²) in [5, 5.41) is 6.12. The van der Waals surface area contributed by atoms with Gasteiger partial charge in [-0.15, -0.1) is 11.8 Å². The van der Waals surface area contributed by atoms with E-state index in [0.717, 1.165) is 16.3 Å². The largest absolute Gasteiger partial charge is 0.388 e. The smallest absolute Gasteiger partial charge is 0.241 e. The van der Waals surface area contributed by atoms with Crippen molar-refractivity contribution in [2.45, 2.75) is 17.1 Å². The number of anilines is 2. The van der Waals surface area contributed by atoms with Crippen LogP contribution in [0.4, 0.5) is 11.4 Å². The molecule has 4 nitrogen and oxygen atoms in total. The summed E-state index contributed by atoms with van der Waals surface area (Å²) in [6.07, 6.45) is 0. The van der Waals surface area contributed by atoms with Gasteiger partial charge in [-0.25, -0.2) is 0 Å². The third kappa shape index (κ3) is 2.25. The molecule has 1 aliphatic rings. The zero-order valence-electron chi connectivity index (χ0n) is 10.3. The highest BCUT2D eigenvalue weighted by Gasteiger charge is 2.30. The fraction of sp³-hybridized carbons (Fsp3) is 0.417. The van der Waals surface area contributed by atoms with E-state index in [4.69, 9.17) is 0 Å². The predicted octanol–water partition coefficient (Wildman–Crippen LogP) is 1.73. The molecule has 1 aliphatic heterocycles. The van der Waals surface area contributed by atoms with Crippen LogP contribution in [0.2, 0.25) is 0 Å². The van der Waals surface area contributed by atoms with Crippen LogP contribution in [0, 0.1) is 0 Å². The minimum atomic E-state index is -0.0173. The van der Waals surface area contributed by atoms with Crippen molar-refractivity contribution < 1.29 is 4.79 Å². The van der Waals surface area contributed by atoms with Crippen molar-refractivity contribution in [2.24, 2.45) is 0 Å². The lowest BCUT2D eigenvalue weighted by Gasteiger charge is -2.32.